The van der Waals surface area contributed by atoms with Crippen LogP contribution in [0.5, 0.6) is 0 Å². The van der Waals surface area contributed by atoms with Crippen LogP contribution >= 0.6 is 8.37 Å². The molecule has 6 nitrogen and oxygen atoms in total. The van der Waals surface area contributed by atoms with Crippen molar-refractivity contribution in [2.24, 2.45) is 0 Å². The number of rotatable bonds is 9. The van der Waals surface area contributed by atoms with Crippen LogP contribution in [0.4, 0.5) is 0 Å². The van der Waals surface area contributed by atoms with Crippen LogP contribution in [0, 0.1) is 0 Å². The number of nitrogens with zero attached hydrogens (tertiary/aromatic N) is 6. The minimum absolute atomic E-state index is 0.343. The summed E-state index contributed by atoms with van der Waals surface area (Å²) in [6.07, 6.45) is 0. The van der Waals surface area contributed by atoms with Gasteiger partial charge >= 0.3 is 0 Å². The third kappa shape index (κ3) is 5.17. The summed E-state index contributed by atoms with van der Waals surface area (Å²) in [4.78, 5) is 0. The molecule has 0 fully saturated rings. The zero-order chi connectivity index (χ0) is 25.5. The molecule has 188 valence electrons. The topological polar surface area (TPSA) is 53.5 Å². The van der Waals surface area contributed by atoms with E-state index in [1.807, 2.05) is 0 Å². The highest BCUT2D eigenvalue weighted by atomic mass is 31.1. The Morgan fingerprint density at radius 1 is 0.441 bits per heavy atom. The second-order valence-corrected chi connectivity index (χ2v) is 13.0. The molecule has 0 bridgehead atoms. The first-order chi connectivity index (χ1) is 15.8. The lowest BCUT2D eigenvalue weighted by atomic mass is 10.1. The Bertz CT molecular complexity index is 958. The molecular formula is C27H45N6P. The van der Waals surface area contributed by atoms with E-state index < -0.39 is 8.37 Å². The van der Waals surface area contributed by atoms with Gasteiger partial charge in [0.25, 0.3) is 8.37 Å². The summed E-state index contributed by atoms with van der Waals surface area (Å²) < 4.78 is 6.75. The molecule has 34 heavy (non-hydrogen) atoms. The molecule has 0 unspecified atom stereocenters. The van der Waals surface area contributed by atoms with Crippen LogP contribution in [-0.2, 0) is 0 Å². The maximum absolute atomic E-state index is 5.22. The molecule has 3 aromatic rings. The highest BCUT2D eigenvalue weighted by Crippen LogP contribution is 2.47. The normalized spacial score (nSPS) is 12.8. The maximum atomic E-state index is 5.22. The van der Waals surface area contributed by atoms with Crippen LogP contribution in [0.15, 0.2) is 18.2 Å². The molecule has 0 aromatic carbocycles. The summed E-state index contributed by atoms with van der Waals surface area (Å²) in [7, 11) is -1.20. The Morgan fingerprint density at radius 2 is 0.676 bits per heavy atom. The van der Waals surface area contributed by atoms with Gasteiger partial charge in [0, 0.05) is 17.1 Å². The standard InChI is InChI=1S/C27H45N6P/c1-16(2)22-13-25(19(7)8)31(28-22)34(32-26(20(9)10)14-23(29-32)17(3)4)33-27(21(11)12)15-24(30-33)18(5)6/h13-21H,1-12H3. The van der Waals surface area contributed by atoms with E-state index >= 15 is 0 Å². The minimum atomic E-state index is -1.20. The summed E-state index contributed by atoms with van der Waals surface area (Å²) >= 11 is 0. The first kappa shape index (κ1) is 26.7. The van der Waals surface area contributed by atoms with Crippen molar-refractivity contribution in [1.82, 2.24) is 28.7 Å². The fourth-order valence-electron chi connectivity index (χ4n) is 3.93. The van der Waals surface area contributed by atoms with E-state index in [1.54, 1.807) is 0 Å². The minimum Gasteiger partial charge on any atom is -0.206 e. The summed E-state index contributed by atoms with van der Waals surface area (Å²) in [5.74, 6) is 2.10. The Morgan fingerprint density at radius 3 is 0.853 bits per heavy atom. The van der Waals surface area contributed by atoms with Crippen molar-refractivity contribution in [3.8, 4) is 0 Å². The molecule has 0 saturated carbocycles. The Kier molecular flexibility index (Phi) is 8.12. The maximum Gasteiger partial charge on any atom is 0.272 e. The van der Waals surface area contributed by atoms with Gasteiger partial charge in [-0.15, -0.1) is 0 Å². The molecular weight excluding hydrogens is 439 g/mol. The van der Waals surface area contributed by atoms with Crippen molar-refractivity contribution in [1.29, 1.82) is 0 Å². The largest absolute Gasteiger partial charge is 0.272 e. The summed E-state index contributed by atoms with van der Waals surface area (Å²) in [6, 6.07) is 6.86. The van der Waals surface area contributed by atoms with Gasteiger partial charge in [-0.2, -0.15) is 15.3 Å². The van der Waals surface area contributed by atoms with Gasteiger partial charge in [-0.05, 0) is 53.7 Å². The van der Waals surface area contributed by atoms with Crippen molar-refractivity contribution in [2.75, 3.05) is 0 Å². The van der Waals surface area contributed by atoms with E-state index in [0.717, 1.165) is 17.1 Å². The van der Waals surface area contributed by atoms with Crippen LogP contribution in [-0.4, -0.2) is 28.7 Å². The molecule has 0 radical (unpaired) electrons. The Labute approximate surface area is 208 Å². The highest BCUT2D eigenvalue weighted by molar-refractivity contribution is 7.52. The van der Waals surface area contributed by atoms with E-state index in [2.05, 4.69) is 115 Å². The van der Waals surface area contributed by atoms with Crippen LogP contribution in [0.2, 0.25) is 0 Å². The summed E-state index contributed by atoms with van der Waals surface area (Å²) in [6.45, 7) is 26.8. The lowest BCUT2D eigenvalue weighted by Crippen LogP contribution is -2.19. The van der Waals surface area contributed by atoms with Crippen LogP contribution in [0.25, 0.3) is 0 Å². The number of hydrogen-bond acceptors (Lipinski definition) is 3. The van der Waals surface area contributed by atoms with Crippen molar-refractivity contribution in [2.45, 2.75) is 119 Å². The molecule has 3 rings (SSSR count). The molecule has 0 saturated heterocycles. The molecule has 0 aliphatic rings. The fourth-order valence-corrected chi connectivity index (χ4v) is 6.44. The zero-order valence-electron chi connectivity index (χ0n) is 23.3. The predicted octanol–water partition coefficient (Wildman–Crippen LogP) is 8.19. The van der Waals surface area contributed by atoms with Crippen molar-refractivity contribution < 1.29 is 0 Å². The molecule has 0 atom stereocenters. The molecule has 0 aliphatic carbocycles. The van der Waals surface area contributed by atoms with E-state index in [0.29, 0.717) is 35.5 Å². The van der Waals surface area contributed by atoms with E-state index in [9.17, 15) is 0 Å². The second kappa shape index (κ2) is 10.4. The Hall–Kier alpha value is -1.94. The second-order valence-electron chi connectivity index (χ2n) is 11.3. The first-order valence-electron chi connectivity index (χ1n) is 12.9. The zero-order valence-corrected chi connectivity index (χ0v) is 24.2. The smallest absolute Gasteiger partial charge is 0.206 e. The molecule has 0 spiro atoms. The van der Waals surface area contributed by atoms with Gasteiger partial charge in [0.2, 0.25) is 0 Å². The van der Waals surface area contributed by atoms with Gasteiger partial charge in [-0.3, -0.25) is 0 Å². The average molecular weight is 485 g/mol. The van der Waals surface area contributed by atoms with E-state index in [1.165, 1.54) is 17.1 Å². The molecule has 3 heterocycles. The summed E-state index contributed by atoms with van der Waals surface area (Å²) in [5, 5.41) is 15.7. The van der Waals surface area contributed by atoms with Crippen LogP contribution < -0.4 is 0 Å². The van der Waals surface area contributed by atoms with E-state index in [4.69, 9.17) is 15.3 Å². The number of aromatic nitrogens is 6. The molecule has 0 amide bonds. The third-order valence-electron chi connectivity index (χ3n) is 6.27. The first-order valence-corrected chi connectivity index (χ1v) is 14.1. The van der Waals surface area contributed by atoms with Gasteiger partial charge in [0.15, 0.2) is 0 Å². The van der Waals surface area contributed by atoms with Gasteiger partial charge in [0.05, 0.1) is 17.1 Å². The van der Waals surface area contributed by atoms with Crippen molar-refractivity contribution in [3.05, 3.63) is 52.4 Å². The summed E-state index contributed by atoms with van der Waals surface area (Å²) in [5.41, 5.74) is 7.09. The lowest BCUT2D eigenvalue weighted by Gasteiger charge is -2.26. The lowest BCUT2D eigenvalue weighted by molar-refractivity contribution is 0.684. The highest BCUT2D eigenvalue weighted by Gasteiger charge is 2.32. The van der Waals surface area contributed by atoms with E-state index in [-0.39, 0.29) is 0 Å². The van der Waals surface area contributed by atoms with Gasteiger partial charge in [-0.25, -0.2) is 13.4 Å². The van der Waals surface area contributed by atoms with Crippen molar-refractivity contribution >= 4 is 8.37 Å². The Balaban J connectivity index is 2.41. The SMILES string of the molecule is CC(C)c1cc(C(C)C)n(P(n2nc(C(C)C)cc2C(C)C)n2nc(C(C)C)cc2C(C)C)n1. The monoisotopic (exact) mass is 484 g/mol. The molecule has 0 aliphatic heterocycles. The predicted molar refractivity (Wildman–Crippen MR) is 144 cm³/mol. The van der Waals surface area contributed by atoms with Gasteiger partial charge in [0.1, 0.15) is 0 Å². The van der Waals surface area contributed by atoms with Crippen LogP contribution in [0.3, 0.4) is 0 Å². The van der Waals surface area contributed by atoms with Gasteiger partial charge in [-0.1, -0.05) is 83.1 Å². The van der Waals surface area contributed by atoms with Gasteiger partial charge < -0.3 is 0 Å². The number of hydrogen-bond donors (Lipinski definition) is 0. The third-order valence-corrected chi connectivity index (χ3v) is 8.25. The van der Waals surface area contributed by atoms with Crippen LogP contribution in [0.1, 0.15) is 153 Å². The van der Waals surface area contributed by atoms with Crippen molar-refractivity contribution in [3.63, 3.8) is 0 Å². The molecule has 0 N–H and O–H groups in total. The quantitative estimate of drug-likeness (QED) is 0.288. The fraction of sp³-hybridized carbons (Fsp3) is 0.667. The molecule has 7 heteroatoms. The molecule has 3 aromatic heterocycles. The average Bonchev–Trinajstić information content (AvgIpc) is 3.45.